The first-order valence-electron chi connectivity index (χ1n) is 4.48. The number of rotatable bonds is 5. The minimum absolute atomic E-state index is 0. The van der Waals surface area contributed by atoms with Crippen LogP contribution in [0.15, 0.2) is 29.2 Å². The van der Waals surface area contributed by atoms with Crippen molar-refractivity contribution in [1.29, 1.82) is 0 Å². The largest absolute Gasteiger partial charge is 1.00 e. The molecule has 1 aromatic rings. The zero-order valence-corrected chi connectivity index (χ0v) is 10.5. The summed E-state index contributed by atoms with van der Waals surface area (Å²) in [5.41, 5.74) is 5.55. The number of nitrogens with two attached hydrogens (primary N) is 1. The van der Waals surface area contributed by atoms with Gasteiger partial charge >= 0.3 is 21.9 Å². The molecule has 17 heavy (non-hydrogen) atoms. The van der Waals surface area contributed by atoms with E-state index >= 15 is 0 Å². The van der Waals surface area contributed by atoms with Crippen LogP contribution in [0, 0.1) is 0 Å². The summed E-state index contributed by atoms with van der Waals surface area (Å²) >= 11 is 0. The fourth-order valence-corrected chi connectivity index (χ4v) is 3.15. The molecule has 0 aliphatic carbocycles. The van der Waals surface area contributed by atoms with E-state index in [0.29, 0.717) is 0 Å². The minimum atomic E-state index is -4.58. The van der Waals surface area contributed by atoms with Crippen molar-refractivity contribution in [3.8, 4) is 0 Å². The van der Waals surface area contributed by atoms with Gasteiger partial charge in [0.25, 0.3) is 0 Å². The van der Waals surface area contributed by atoms with Gasteiger partial charge in [0.2, 0.25) is 0 Å². The second kappa shape index (κ2) is 5.00. The highest BCUT2D eigenvalue weighted by Gasteiger charge is 2.25. The Morgan fingerprint density at radius 1 is 1.29 bits per heavy atom. The maximum absolute atomic E-state index is 11.5. The Bertz CT molecular complexity index is 598. The molecule has 0 unspecified atom stereocenters. The molecule has 0 fully saturated rings. The Kier molecular flexibility index (Phi) is 4.09. The summed E-state index contributed by atoms with van der Waals surface area (Å²) < 4.78 is 53.3. The van der Waals surface area contributed by atoms with E-state index in [9.17, 15) is 16.8 Å². The highest BCUT2D eigenvalue weighted by Crippen LogP contribution is 2.17. The van der Waals surface area contributed by atoms with Crippen LogP contribution >= 0.6 is 0 Å². The van der Waals surface area contributed by atoms with Crippen molar-refractivity contribution in [2.75, 3.05) is 12.3 Å². The van der Waals surface area contributed by atoms with E-state index in [4.69, 9.17) is 5.73 Å². The number of hydrogen-bond acceptors (Lipinski definition) is 7. The molecule has 0 aliphatic heterocycles. The van der Waals surface area contributed by atoms with Crippen molar-refractivity contribution in [3.05, 3.63) is 24.3 Å². The van der Waals surface area contributed by atoms with Crippen LogP contribution in [0.1, 0.15) is 8.35 Å². The van der Waals surface area contributed by atoms with Gasteiger partial charge in [-0.15, -0.1) is 3.63 Å². The van der Waals surface area contributed by atoms with Crippen LogP contribution in [0.5, 0.6) is 0 Å². The monoisotopic (exact) mass is 282 g/mol. The lowest BCUT2D eigenvalue weighted by atomic mass is 10.3. The molecule has 0 amide bonds. The first kappa shape index (κ1) is 13.9. The molecule has 9 heteroatoms. The van der Waals surface area contributed by atoms with E-state index in [1.165, 1.54) is 19.1 Å². The third-order valence-corrected chi connectivity index (χ3v) is 4.32. The number of benzene rings is 1. The highest BCUT2D eigenvalue weighted by molar-refractivity contribution is 7.97. The Morgan fingerprint density at radius 3 is 2.47 bits per heavy atom. The van der Waals surface area contributed by atoms with Gasteiger partial charge in [-0.05, 0) is 25.1 Å². The molecular weight excluding hydrogens is 270 g/mol. The van der Waals surface area contributed by atoms with Gasteiger partial charge in [0, 0.05) is 5.69 Å². The van der Waals surface area contributed by atoms with Crippen LogP contribution in [0.2, 0.25) is 0 Å². The van der Waals surface area contributed by atoms with Gasteiger partial charge in [0.15, 0.2) is 0 Å². The molecule has 2 N–H and O–H groups in total. The summed E-state index contributed by atoms with van der Waals surface area (Å²) in [7, 11) is -9.03. The predicted molar refractivity (Wildman–Crippen MR) is 60.8 cm³/mol. The van der Waals surface area contributed by atoms with Crippen molar-refractivity contribution >= 4 is 26.2 Å². The van der Waals surface area contributed by atoms with Gasteiger partial charge in [-0.1, -0.05) is 6.07 Å². The van der Waals surface area contributed by atoms with E-state index in [1.54, 1.807) is 0 Å². The molecule has 0 atom stereocenters. The molecular formula is C8H12NO6S2+. The maximum Gasteiger partial charge on any atom is 1.00 e. The molecule has 0 aliphatic rings. The lowest BCUT2D eigenvalue weighted by Gasteiger charge is -2.05. The highest BCUT2D eigenvalue weighted by atomic mass is 32.3. The fourth-order valence-electron chi connectivity index (χ4n) is 0.983. The summed E-state index contributed by atoms with van der Waals surface area (Å²) in [6.45, 7) is 1.16. The first-order chi connectivity index (χ1) is 7.77. The smallest absolute Gasteiger partial charge is 0.399 e. The molecule has 0 spiro atoms. The van der Waals surface area contributed by atoms with Crippen LogP contribution in [0.4, 0.5) is 5.69 Å². The molecule has 7 nitrogen and oxygen atoms in total. The Morgan fingerprint density at radius 2 is 1.94 bits per heavy atom. The second-order valence-electron chi connectivity index (χ2n) is 2.91. The van der Waals surface area contributed by atoms with Crippen LogP contribution in [-0.2, 0) is 28.3 Å². The summed E-state index contributed by atoms with van der Waals surface area (Å²) in [6.07, 6.45) is 0. The minimum Gasteiger partial charge on any atom is -0.399 e. The van der Waals surface area contributed by atoms with Crippen LogP contribution < -0.4 is 5.73 Å². The predicted octanol–water partition coefficient (Wildman–Crippen LogP) is 0.368. The summed E-state index contributed by atoms with van der Waals surface area (Å²) in [5, 5.41) is 0. The van der Waals surface area contributed by atoms with Crippen molar-refractivity contribution in [2.24, 2.45) is 0 Å². The number of hydrogen-bond donors (Lipinski definition) is 1. The Labute approximate surface area is 101 Å². The van der Waals surface area contributed by atoms with E-state index in [2.05, 4.69) is 7.81 Å². The third-order valence-electron chi connectivity index (χ3n) is 1.58. The van der Waals surface area contributed by atoms with Crippen molar-refractivity contribution < 1.29 is 26.1 Å². The van der Waals surface area contributed by atoms with Gasteiger partial charge < -0.3 is 5.73 Å². The normalized spacial score (nSPS) is 12.5. The molecule has 96 valence electrons. The van der Waals surface area contributed by atoms with Gasteiger partial charge in [-0.2, -0.15) is 16.8 Å². The molecule has 0 saturated carbocycles. The molecule has 0 saturated heterocycles. The van der Waals surface area contributed by atoms with E-state index in [-0.39, 0.29) is 18.6 Å². The SMILES string of the molecule is CCOS(=O)(=O)OS(=O)(=O)c1cccc(N)c1.[H+]. The van der Waals surface area contributed by atoms with Gasteiger partial charge in [-0.3, -0.25) is 0 Å². The number of nitrogen functional groups attached to an aromatic ring is 1. The standard InChI is InChI=1S/C8H11NO6S2/c1-2-14-17(12,13)15-16(10,11)8-5-3-4-7(9)6-8/h3-6H,2,9H2,1H3/p+1. The first-order valence-corrected chi connectivity index (χ1v) is 7.22. The summed E-state index contributed by atoms with van der Waals surface area (Å²) in [6, 6.07) is 5.05. The molecule has 1 rings (SSSR count). The number of anilines is 1. The van der Waals surface area contributed by atoms with Crippen LogP contribution in [-0.4, -0.2) is 23.4 Å². The van der Waals surface area contributed by atoms with E-state index in [0.717, 1.165) is 12.1 Å². The van der Waals surface area contributed by atoms with Crippen molar-refractivity contribution in [2.45, 2.75) is 11.8 Å². The zero-order chi connectivity index (χ0) is 13.1. The fraction of sp³-hybridized carbons (Fsp3) is 0.250. The molecule has 0 radical (unpaired) electrons. The third kappa shape index (κ3) is 3.97. The van der Waals surface area contributed by atoms with Gasteiger partial charge in [0.05, 0.1) is 11.5 Å². The summed E-state index contributed by atoms with van der Waals surface area (Å²) in [5.74, 6) is 0. The average Bonchev–Trinajstić information content (AvgIpc) is 2.15. The molecule has 0 bridgehead atoms. The summed E-state index contributed by atoms with van der Waals surface area (Å²) in [4.78, 5) is -0.360. The lowest BCUT2D eigenvalue weighted by molar-refractivity contribution is 0.289. The topological polar surface area (TPSA) is 113 Å². The van der Waals surface area contributed by atoms with Crippen molar-refractivity contribution in [3.63, 3.8) is 0 Å². The maximum atomic E-state index is 11.5. The van der Waals surface area contributed by atoms with Crippen LogP contribution in [0.25, 0.3) is 0 Å². The Balaban J connectivity index is 0.00000289. The van der Waals surface area contributed by atoms with Crippen molar-refractivity contribution in [1.82, 2.24) is 0 Å². The van der Waals surface area contributed by atoms with Gasteiger partial charge in [-0.25, -0.2) is 4.18 Å². The zero-order valence-electron chi connectivity index (χ0n) is 9.86. The molecule has 0 aromatic heterocycles. The average molecular weight is 282 g/mol. The quantitative estimate of drug-likeness (QED) is 0.776. The Hall–Kier alpha value is -1.16. The van der Waals surface area contributed by atoms with Gasteiger partial charge in [0.1, 0.15) is 0 Å². The second-order valence-corrected chi connectivity index (χ2v) is 5.89. The van der Waals surface area contributed by atoms with Crippen LogP contribution in [0.3, 0.4) is 0 Å². The molecule has 0 heterocycles. The molecule has 1 aromatic carbocycles. The van der Waals surface area contributed by atoms with E-state index in [1.807, 2.05) is 0 Å². The lowest BCUT2D eigenvalue weighted by Crippen LogP contribution is -2.16. The van der Waals surface area contributed by atoms with E-state index < -0.39 is 20.5 Å².